The Labute approximate surface area is 197 Å². The predicted octanol–water partition coefficient (Wildman–Crippen LogP) is 4.22. The summed E-state index contributed by atoms with van der Waals surface area (Å²) in [5.41, 5.74) is 2.30. The summed E-state index contributed by atoms with van der Waals surface area (Å²) in [6.07, 6.45) is 1.21. The molecule has 2 fully saturated rings. The van der Waals surface area contributed by atoms with Crippen molar-refractivity contribution < 1.29 is 18.7 Å². The number of aryl methyl sites for hydroxylation is 2. The number of amides is 2. The molecule has 7 nitrogen and oxygen atoms in total. The van der Waals surface area contributed by atoms with Gasteiger partial charge in [-0.15, -0.1) is 12.4 Å². The molecule has 2 aliphatic rings. The smallest absolute Gasteiger partial charge is 0.414 e. The minimum absolute atomic E-state index is 0. The van der Waals surface area contributed by atoms with Crippen molar-refractivity contribution in [2.45, 2.75) is 26.8 Å². The lowest BCUT2D eigenvalue weighted by Crippen LogP contribution is -2.49. The van der Waals surface area contributed by atoms with E-state index in [0.29, 0.717) is 26.2 Å². The summed E-state index contributed by atoms with van der Waals surface area (Å²) < 4.78 is 19.8. The number of cyclic esters (lactones) is 1. The van der Waals surface area contributed by atoms with Crippen molar-refractivity contribution in [3.63, 3.8) is 0 Å². The summed E-state index contributed by atoms with van der Waals surface area (Å²) in [4.78, 5) is 34.5. The van der Waals surface area contributed by atoms with Crippen molar-refractivity contribution in [3.05, 3.63) is 51.9 Å². The summed E-state index contributed by atoms with van der Waals surface area (Å²) in [6, 6.07) is 4.20. The Kier molecular flexibility index (Phi) is 7.15. The van der Waals surface area contributed by atoms with Crippen LogP contribution in [0.5, 0.6) is 0 Å². The number of hydrogen-bond donors (Lipinski definition) is 0. The molecular formula is C22H25Cl2FN4O3. The number of pyridine rings is 1. The van der Waals surface area contributed by atoms with E-state index in [4.69, 9.17) is 16.3 Å². The van der Waals surface area contributed by atoms with Crippen molar-refractivity contribution in [3.8, 4) is 0 Å². The molecule has 1 atom stereocenters. The summed E-state index contributed by atoms with van der Waals surface area (Å²) in [5, 5.41) is 0.103. The second-order valence-corrected chi connectivity index (χ2v) is 8.42. The van der Waals surface area contributed by atoms with Crippen LogP contribution in [0.15, 0.2) is 24.4 Å². The number of hydrogen-bond acceptors (Lipinski definition) is 5. The number of aromatic nitrogens is 1. The number of carbonyl (C=O) groups excluding carboxylic acids is 2. The van der Waals surface area contributed by atoms with E-state index in [0.717, 1.165) is 23.0 Å². The molecule has 0 N–H and O–H groups in total. The zero-order chi connectivity index (χ0) is 22.3. The van der Waals surface area contributed by atoms with Gasteiger partial charge in [-0.3, -0.25) is 9.69 Å². The van der Waals surface area contributed by atoms with E-state index in [-0.39, 0.29) is 47.2 Å². The number of anilines is 2. The number of carbonyl (C=O) groups is 2. The van der Waals surface area contributed by atoms with Crippen molar-refractivity contribution in [1.82, 2.24) is 9.88 Å². The van der Waals surface area contributed by atoms with Gasteiger partial charge in [-0.1, -0.05) is 17.7 Å². The van der Waals surface area contributed by atoms with Crippen LogP contribution in [0.4, 0.5) is 20.7 Å². The molecule has 2 aliphatic heterocycles. The second kappa shape index (κ2) is 9.50. The van der Waals surface area contributed by atoms with Gasteiger partial charge in [0.25, 0.3) is 5.91 Å². The van der Waals surface area contributed by atoms with Crippen molar-refractivity contribution in [1.29, 1.82) is 0 Å². The van der Waals surface area contributed by atoms with Gasteiger partial charge in [0.05, 0.1) is 22.3 Å². The van der Waals surface area contributed by atoms with Gasteiger partial charge in [-0.2, -0.15) is 0 Å². The summed E-state index contributed by atoms with van der Waals surface area (Å²) in [5.74, 6) is -0.102. The Morgan fingerprint density at radius 1 is 1.19 bits per heavy atom. The molecule has 2 aromatic rings. The van der Waals surface area contributed by atoms with E-state index in [1.165, 1.54) is 11.0 Å². The molecule has 0 aliphatic carbocycles. The molecule has 1 aromatic carbocycles. The van der Waals surface area contributed by atoms with E-state index in [1.807, 2.05) is 20.0 Å². The highest BCUT2D eigenvalue weighted by molar-refractivity contribution is 6.34. The van der Waals surface area contributed by atoms with E-state index < -0.39 is 11.9 Å². The zero-order valence-electron chi connectivity index (χ0n) is 18.1. The van der Waals surface area contributed by atoms with Crippen LogP contribution in [0, 0.1) is 19.7 Å². The Morgan fingerprint density at radius 3 is 2.47 bits per heavy atom. The van der Waals surface area contributed by atoms with Gasteiger partial charge in [-0.05, 0) is 44.0 Å². The van der Waals surface area contributed by atoms with Crippen LogP contribution in [0.1, 0.15) is 28.4 Å². The largest absolute Gasteiger partial charge is 0.447 e. The van der Waals surface area contributed by atoms with Crippen molar-refractivity contribution in [2.75, 3.05) is 42.6 Å². The fourth-order valence-electron chi connectivity index (χ4n) is 4.07. The van der Waals surface area contributed by atoms with Crippen molar-refractivity contribution >= 4 is 47.5 Å². The average Bonchev–Trinajstić information content (AvgIpc) is 3.07. The van der Waals surface area contributed by atoms with E-state index in [1.54, 1.807) is 11.8 Å². The Bertz CT molecular complexity index is 1040. The van der Waals surface area contributed by atoms with Crippen LogP contribution in [0.3, 0.4) is 0 Å². The van der Waals surface area contributed by atoms with Crippen LogP contribution in [0.2, 0.25) is 5.02 Å². The van der Waals surface area contributed by atoms with Gasteiger partial charge < -0.3 is 14.5 Å². The minimum Gasteiger partial charge on any atom is -0.447 e. The molecule has 2 amide bonds. The highest BCUT2D eigenvalue weighted by Gasteiger charge is 2.34. The lowest BCUT2D eigenvalue weighted by atomic mass is 10.1. The van der Waals surface area contributed by atoms with E-state index >= 15 is 0 Å². The van der Waals surface area contributed by atoms with Gasteiger partial charge in [0.2, 0.25) is 0 Å². The summed E-state index contributed by atoms with van der Waals surface area (Å²) >= 11 is 6.34. The molecule has 10 heteroatoms. The Hall–Kier alpha value is -2.58. The first-order valence-electron chi connectivity index (χ1n) is 10.2. The van der Waals surface area contributed by atoms with Crippen molar-refractivity contribution in [2.24, 2.45) is 0 Å². The Balaban J connectivity index is 0.00000289. The number of nitrogens with zero attached hydrogens (tertiary/aromatic N) is 4. The summed E-state index contributed by atoms with van der Waals surface area (Å²) in [6.45, 7) is 8.15. The third kappa shape index (κ3) is 4.47. The highest BCUT2D eigenvalue weighted by atomic mass is 35.5. The number of ether oxygens (including phenoxy) is 1. The molecule has 0 bridgehead atoms. The first-order valence-corrected chi connectivity index (χ1v) is 10.6. The van der Waals surface area contributed by atoms with Crippen LogP contribution in [0.25, 0.3) is 0 Å². The maximum atomic E-state index is 14.8. The molecule has 1 aromatic heterocycles. The Morgan fingerprint density at radius 2 is 1.88 bits per heavy atom. The van der Waals surface area contributed by atoms with Gasteiger partial charge in [-0.25, -0.2) is 14.2 Å². The maximum Gasteiger partial charge on any atom is 0.414 e. The molecule has 32 heavy (non-hydrogen) atoms. The van der Waals surface area contributed by atoms with Crippen LogP contribution < -0.4 is 9.80 Å². The fourth-order valence-corrected chi connectivity index (χ4v) is 4.31. The number of halogens is 3. The molecule has 0 radical (unpaired) electrons. The average molecular weight is 483 g/mol. The molecule has 2 saturated heterocycles. The second-order valence-electron chi connectivity index (χ2n) is 8.01. The van der Waals surface area contributed by atoms with E-state index in [2.05, 4.69) is 16.0 Å². The highest BCUT2D eigenvalue weighted by Crippen LogP contribution is 2.32. The predicted molar refractivity (Wildman–Crippen MR) is 124 cm³/mol. The molecule has 0 saturated carbocycles. The molecular weight excluding hydrogens is 458 g/mol. The van der Waals surface area contributed by atoms with Gasteiger partial charge >= 0.3 is 6.09 Å². The SMILES string of the molecule is Cc1cnc(N2CCN(C(=O)c3cc(F)c(N4C(=O)OC[C@H]4C)cc3Cl)CC2)c(C)c1.Cl. The van der Waals surface area contributed by atoms with Crippen LogP contribution in [-0.4, -0.2) is 60.7 Å². The molecule has 4 rings (SSSR count). The fraction of sp³-hybridized carbons (Fsp3) is 0.409. The first kappa shape index (κ1) is 24.1. The van der Waals surface area contributed by atoms with E-state index in [9.17, 15) is 14.0 Å². The maximum absolute atomic E-state index is 14.8. The van der Waals surface area contributed by atoms with Crippen LogP contribution >= 0.6 is 24.0 Å². The number of rotatable bonds is 3. The monoisotopic (exact) mass is 482 g/mol. The van der Waals surface area contributed by atoms with Crippen LogP contribution in [-0.2, 0) is 4.74 Å². The topological polar surface area (TPSA) is 66.0 Å². The normalized spacial score (nSPS) is 18.5. The molecule has 172 valence electrons. The van der Waals surface area contributed by atoms with Gasteiger partial charge in [0.15, 0.2) is 0 Å². The number of benzene rings is 1. The van der Waals surface area contributed by atoms with Gasteiger partial charge in [0, 0.05) is 32.4 Å². The zero-order valence-corrected chi connectivity index (χ0v) is 19.7. The van der Waals surface area contributed by atoms with Gasteiger partial charge in [0.1, 0.15) is 18.2 Å². The molecule has 0 unspecified atom stereocenters. The molecule has 3 heterocycles. The minimum atomic E-state index is -0.684. The lowest BCUT2D eigenvalue weighted by molar-refractivity contribution is 0.0746. The number of piperazine rings is 1. The molecule has 0 spiro atoms. The first-order chi connectivity index (χ1) is 14.8. The summed E-state index contributed by atoms with van der Waals surface area (Å²) in [7, 11) is 0. The third-order valence-electron chi connectivity index (χ3n) is 5.67. The lowest BCUT2D eigenvalue weighted by Gasteiger charge is -2.36. The third-order valence-corrected chi connectivity index (χ3v) is 5.98. The quantitative estimate of drug-likeness (QED) is 0.654. The standard InChI is InChI=1S/C22H24ClFN4O3.ClH/c1-13-8-14(2)20(25-11-13)26-4-6-27(7-5-26)21(29)16-9-18(24)19(10-17(16)23)28-15(3)12-31-22(28)30;/h8-11,15H,4-7,12H2,1-3H3;1H/t15-;/m1./s1.